The second kappa shape index (κ2) is 17.0. The summed E-state index contributed by atoms with van der Waals surface area (Å²) in [4.78, 5) is 38.9. The molecule has 7 nitrogen and oxygen atoms in total. The van der Waals surface area contributed by atoms with Crippen LogP contribution < -0.4 is 0 Å². The first-order valence-corrected chi connectivity index (χ1v) is 17.4. The van der Waals surface area contributed by atoms with Gasteiger partial charge in [-0.15, -0.1) is 0 Å². The number of alkyl halides is 3. The van der Waals surface area contributed by atoms with Gasteiger partial charge in [-0.05, 0) is 64.7 Å². The molecule has 1 saturated heterocycles. The van der Waals surface area contributed by atoms with Gasteiger partial charge in [0.1, 0.15) is 6.04 Å². The van der Waals surface area contributed by atoms with Crippen LogP contribution in [-0.4, -0.2) is 63.7 Å². The molecular weight excluding hydrogens is 676 g/mol. The fourth-order valence-corrected chi connectivity index (χ4v) is 6.35. The van der Waals surface area contributed by atoms with Gasteiger partial charge in [0.05, 0.1) is 22.9 Å². The summed E-state index contributed by atoms with van der Waals surface area (Å²) >= 11 is 0. The Hall–Kier alpha value is -6.05. The molecule has 0 radical (unpaired) electrons. The highest BCUT2D eigenvalue weighted by Gasteiger charge is 2.34. The quantitative estimate of drug-likeness (QED) is 0.132. The monoisotopic (exact) mass is 713 g/mol. The van der Waals surface area contributed by atoms with Crippen molar-refractivity contribution in [3.05, 3.63) is 167 Å². The lowest BCUT2D eigenvalue weighted by atomic mass is 10.00. The second-order valence-corrected chi connectivity index (χ2v) is 12.9. The van der Waals surface area contributed by atoms with Crippen LogP contribution in [0.3, 0.4) is 0 Å². The van der Waals surface area contributed by atoms with Crippen LogP contribution in [-0.2, 0) is 35.3 Å². The minimum atomic E-state index is -4.48. The molecule has 4 aromatic carbocycles. The number of piperazine rings is 1. The van der Waals surface area contributed by atoms with E-state index in [1.807, 2.05) is 60.7 Å². The lowest BCUT2D eigenvalue weighted by Crippen LogP contribution is -2.56. The highest BCUT2D eigenvalue weighted by atomic mass is 19.4. The summed E-state index contributed by atoms with van der Waals surface area (Å²) in [5.74, 6) is -0.663. The van der Waals surface area contributed by atoms with Gasteiger partial charge in [0.15, 0.2) is 0 Å². The van der Waals surface area contributed by atoms with Crippen LogP contribution in [0.25, 0.3) is 17.3 Å². The van der Waals surface area contributed by atoms with Crippen molar-refractivity contribution in [3.8, 4) is 17.3 Å². The van der Waals surface area contributed by atoms with Gasteiger partial charge in [-0.25, -0.2) is 0 Å². The molecule has 2 amide bonds. The molecule has 0 N–H and O–H groups in total. The summed E-state index contributed by atoms with van der Waals surface area (Å²) in [6.07, 6.45) is 0.203. The minimum absolute atomic E-state index is 0.0966. The molecule has 1 atom stereocenters. The van der Waals surface area contributed by atoms with Gasteiger partial charge in [-0.1, -0.05) is 84.9 Å². The van der Waals surface area contributed by atoms with Gasteiger partial charge >= 0.3 is 6.18 Å². The Labute approximate surface area is 307 Å². The van der Waals surface area contributed by atoms with Crippen molar-refractivity contribution in [2.45, 2.75) is 31.7 Å². The van der Waals surface area contributed by atoms with E-state index in [1.54, 1.807) is 35.4 Å². The third kappa shape index (κ3) is 9.84. The summed E-state index contributed by atoms with van der Waals surface area (Å²) in [6, 6.07) is 36.2. The Morgan fingerprint density at radius 1 is 0.792 bits per heavy atom. The fraction of sp³-hybridized carbons (Fsp3) is 0.209. The van der Waals surface area contributed by atoms with Crippen LogP contribution in [0, 0.1) is 11.3 Å². The van der Waals surface area contributed by atoms with E-state index in [4.69, 9.17) is 0 Å². The maximum atomic E-state index is 14.6. The molecule has 0 bridgehead atoms. The molecule has 1 fully saturated rings. The van der Waals surface area contributed by atoms with Crippen LogP contribution in [0.5, 0.6) is 0 Å². The number of nitrogens with zero attached hydrogens (tertiary/aromatic N) is 5. The largest absolute Gasteiger partial charge is 0.416 e. The number of amides is 2. The van der Waals surface area contributed by atoms with Crippen LogP contribution in [0.15, 0.2) is 134 Å². The first-order valence-electron chi connectivity index (χ1n) is 17.4. The number of aromatic nitrogens is 1. The Balaban J connectivity index is 1.30. The maximum absolute atomic E-state index is 14.6. The molecule has 2 heterocycles. The predicted molar refractivity (Wildman–Crippen MR) is 198 cm³/mol. The molecule has 0 aliphatic carbocycles. The molecular formula is C43H38F3N5O2. The van der Waals surface area contributed by atoms with E-state index in [0.29, 0.717) is 37.3 Å². The zero-order chi connectivity index (χ0) is 37.2. The highest BCUT2D eigenvalue weighted by Crippen LogP contribution is 2.29. The Morgan fingerprint density at radius 2 is 1.45 bits per heavy atom. The number of carbonyl (C=O) groups is 2. The molecule has 1 aliphatic heterocycles. The van der Waals surface area contributed by atoms with Gasteiger partial charge in [0, 0.05) is 63.5 Å². The van der Waals surface area contributed by atoms with Crippen molar-refractivity contribution in [3.63, 3.8) is 0 Å². The van der Waals surface area contributed by atoms with Crippen LogP contribution in [0.4, 0.5) is 13.2 Å². The van der Waals surface area contributed by atoms with E-state index in [0.717, 1.165) is 41.1 Å². The van der Waals surface area contributed by atoms with Crippen molar-refractivity contribution >= 4 is 17.9 Å². The number of halogens is 3. The third-order valence-electron chi connectivity index (χ3n) is 9.31. The number of pyridine rings is 1. The van der Waals surface area contributed by atoms with Crippen LogP contribution in [0.2, 0.25) is 0 Å². The Morgan fingerprint density at radius 3 is 2.08 bits per heavy atom. The summed E-state index contributed by atoms with van der Waals surface area (Å²) in [6.45, 7) is 3.17. The lowest BCUT2D eigenvalue weighted by molar-refractivity contribution is -0.145. The van der Waals surface area contributed by atoms with E-state index in [2.05, 4.69) is 28.1 Å². The molecule has 53 heavy (non-hydrogen) atoms. The number of hydrogen-bond acceptors (Lipinski definition) is 5. The van der Waals surface area contributed by atoms with E-state index < -0.39 is 23.7 Å². The normalized spacial score (nSPS) is 14.1. The van der Waals surface area contributed by atoms with Gasteiger partial charge in [-0.2, -0.15) is 18.4 Å². The van der Waals surface area contributed by atoms with Crippen LogP contribution >= 0.6 is 0 Å². The average molecular weight is 714 g/mol. The van der Waals surface area contributed by atoms with Gasteiger partial charge in [-0.3, -0.25) is 19.5 Å². The van der Waals surface area contributed by atoms with Crippen molar-refractivity contribution in [2.75, 3.05) is 26.2 Å². The lowest BCUT2D eigenvalue weighted by Gasteiger charge is -2.39. The summed E-state index contributed by atoms with van der Waals surface area (Å²) in [5.41, 5.74) is 4.55. The van der Waals surface area contributed by atoms with Gasteiger partial charge in [0.25, 0.3) is 0 Å². The van der Waals surface area contributed by atoms with Crippen molar-refractivity contribution in [2.24, 2.45) is 0 Å². The molecule has 268 valence electrons. The van der Waals surface area contributed by atoms with Crippen LogP contribution in [0.1, 0.15) is 33.4 Å². The van der Waals surface area contributed by atoms with Crippen molar-refractivity contribution in [1.82, 2.24) is 19.7 Å². The molecule has 0 spiro atoms. The average Bonchev–Trinajstić information content (AvgIpc) is 3.19. The van der Waals surface area contributed by atoms with E-state index in [-0.39, 0.29) is 18.9 Å². The molecule has 1 aliphatic rings. The summed E-state index contributed by atoms with van der Waals surface area (Å²) in [7, 11) is 0. The second-order valence-electron chi connectivity index (χ2n) is 12.9. The zero-order valence-electron chi connectivity index (χ0n) is 29.0. The minimum Gasteiger partial charge on any atom is -0.338 e. The molecule has 10 heteroatoms. The first kappa shape index (κ1) is 36.7. The molecule has 0 unspecified atom stereocenters. The Kier molecular flexibility index (Phi) is 11.8. The topological polar surface area (TPSA) is 80.5 Å². The zero-order valence-corrected chi connectivity index (χ0v) is 29.0. The van der Waals surface area contributed by atoms with Crippen molar-refractivity contribution in [1.29, 1.82) is 5.26 Å². The van der Waals surface area contributed by atoms with E-state index >= 15 is 0 Å². The molecule has 1 aromatic heterocycles. The number of hydrogen-bond donors (Lipinski definition) is 0. The molecule has 5 aromatic rings. The van der Waals surface area contributed by atoms with E-state index in [1.165, 1.54) is 34.7 Å². The number of rotatable bonds is 11. The van der Waals surface area contributed by atoms with E-state index in [9.17, 15) is 28.0 Å². The SMILES string of the molecule is N#Cc1ccc(C[C@@H](C(=O)N2CCN(Cc3ccccc3)CC2)N(Cc2ccc(-c3ccccn3)cc2)C(=O)/C=C/c2ccc(C(F)(F)F)cc2)cc1. The van der Waals surface area contributed by atoms with Gasteiger partial charge in [0.2, 0.25) is 11.8 Å². The van der Waals surface area contributed by atoms with Gasteiger partial charge < -0.3 is 9.80 Å². The standard InChI is InChI=1S/C43H38F3N5O2/c44-43(45,46)38-20-15-32(16-21-38)17-22-41(52)51(31-36-13-18-37(19-14-36)39-8-4-5-23-48-39)40(28-33-9-11-34(29-47)12-10-33)42(53)50-26-24-49(25-27-50)30-35-6-2-1-3-7-35/h1-23,40H,24-28,30-31H2/b22-17+/t40-/m0/s1. The predicted octanol–water partition coefficient (Wildman–Crippen LogP) is 7.64. The smallest absolute Gasteiger partial charge is 0.338 e. The summed E-state index contributed by atoms with van der Waals surface area (Å²) < 4.78 is 39.6. The molecule has 6 rings (SSSR count). The Bertz CT molecular complexity index is 2040. The molecule has 0 saturated carbocycles. The fourth-order valence-electron chi connectivity index (χ4n) is 6.35. The highest BCUT2D eigenvalue weighted by molar-refractivity contribution is 5.96. The first-order chi connectivity index (χ1) is 25.7. The number of benzene rings is 4. The number of nitriles is 1. The third-order valence-corrected chi connectivity index (χ3v) is 9.31. The summed E-state index contributed by atoms with van der Waals surface area (Å²) in [5, 5.41) is 9.37. The maximum Gasteiger partial charge on any atom is 0.416 e. The number of carbonyl (C=O) groups excluding carboxylic acids is 2. The van der Waals surface area contributed by atoms with Crippen molar-refractivity contribution < 1.29 is 22.8 Å².